The molecule has 1 saturated carbocycles. The zero-order valence-corrected chi connectivity index (χ0v) is 10.6. The van der Waals surface area contributed by atoms with Crippen molar-refractivity contribution < 1.29 is 14.7 Å². The van der Waals surface area contributed by atoms with Crippen molar-refractivity contribution in [1.29, 1.82) is 0 Å². The smallest absolute Gasteiger partial charge is 0.319 e. The average molecular weight is 254 g/mol. The second-order valence-corrected chi connectivity index (χ2v) is 5.71. The minimum atomic E-state index is -1.14. The summed E-state index contributed by atoms with van der Waals surface area (Å²) in [5, 5.41) is 9.98. The summed E-state index contributed by atoms with van der Waals surface area (Å²) >= 11 is 1.52. The maximum absolute atomic E-state index is 12.0. The summed E-state index contributed by atoms with van der Waals surface area (Å²) in [6.07, 6.45) is 2.63. The number of aliphatic carboxylic acids is 1. The van der Waals surface area contributed by atoms with E-state index in [0.29, 0.717) is 19.4 Å². The van der Waals surface area contributed by atoms with E-state index in [-0.39, 0.29) is 5.91 Å². The Morgan fingerprint density at radius 3 is 2.65 bits per heavy atom. The van der Waals surface area contributed by atoms with E-state index < -0.39 is 11.4 Å². The van der Waals surface area contributed by atoms with Gasteiger partial charge in [0.2, 0.25) is 5.91 Å². The summed E-state index contributed by atoms with van der Waals surface area (Å²) in [7, 11) is 1.64. The van der Waals surface area contributed by atoms with Crippen LogP contribution in [-0.2, 0) is 16.1 Å². The van der Waals surface area contributed by atoms with Gasteiger partial charge in [0.25, 0.3) is 0 Å². The summed E-state index contributed by atoms with van der Waals surface area (Å²) in [6, 6.07) is 0. The van der Waals surface area contributed by atoms with Crippen molar-refractivity contribution in [3.63, 3.8) is 0 Å². The molecule has 0 atom stereocenters. The summed E-state index contributed by atoms with van der Waals surface area (Å²) in [4.78, 5) is 29.6. The number of carbonyl (C=O) groups excluding carboxylic acids is 1. The second-order valence-electron chi connectivity index (χ2n) is 4.39. The number of carboxylic acids is 1. The molecule has 5 nitrogen and oxygen atoms in total. The number of aryl methyl sites for hydroxylation is 1. The number of rotatable bonds is 4. The molecule has 0 aliphatic heterocycles. The summed E-state index contributed by atoms with van der Waals surface area (Å²) < 4.78 is 0. The molecule has 1 heterocycles. The van der Waals surface area contributed by atoms with Crippen LogP contribution < -0.4 is 0 Å². The second kappa shape index (κ2) is 4.10. The third-order valence-electron chi connectivity index (χ3n) is 2.98. The monoisotopic (exact) mass is 254 g/mol. The van der Waals surface area contributed by atoms with Crippen molar-refractivity contribution in [2.75, 3.05) is 7.05 Å². The number of carbonyl (C=O) groups is 2. The minimum Gasteiger partial charge on any atom is -0.480 e. The molecule has 1 fully saturated rings. The van der Waals surface area contributed by atoms with Crippen LogP contribution in [0.3, 0.4) is 0 Å². The zero-order chi connectivity index (χ0) is 12.6. The van der Waals surface area contributed by atoms with Crippen molar-refractivity contribution >= 4 is 23.2 Å². The molecule has 1 amide bonds. The fraction of sp³-hybridized carbons (Fsp3) is 0.545. The van der Waals surface area contributed by atoms with Crippen LogP contribution in [0.25, 0.3) is 0 Å². The lowest BCUT2D eigenvalue weighted by atomic mass is 10.1. The van der Waals surface area contributed by atoms with Crippen molar-refractivity contribution in [3.8, 4) is 0 Å². The van der Waals surface area contributed by atoms with Gasteiger partial charge in [0.1, 0.15) is 5.41 Å². The Bertz CT molecular complexity index is 465. The van der Waals surface area contributed by atoms with E-state index in [0.717, 1.165) is 9.88 Å². The average Bonchev–Trinajstić information content (AvgIpc) is 2.98. The molecule has 0 spiro atoms. The molecule has 6 heteroatoms. The standard InChI is InChI=1S/C11H14N2O3S/c1-7-12-5-8(17-7)6-13(2)9(14)11(3-4-11)10(15)16/h5H,3-4,6H2,1-2H3,(H,15,16). The normalized spacial score (nSPS) is 16.6. The van der Waals surface area contributed by atoms with E-state index in [2.05, 4.69) is 4.98 Å². The van der Waals surface area contributed by atoms with Gasteiger partial charge in [-0.2, -0.15) is 0 Å². The van der Waals surface area contributed by atoms with E-state index in [9.17, 15) is 9.59 Å². The number of hydrogen-bond donors (Lipinski definition) is 1. The van der Waals surface area contributed by atoms with Crippen LogP contribution in [0.5, 0.6) is 0 Å². The van der Waals surface area contributed by atoms with Crippen LogP contribution in [0.15, 0.2) is 6.20 Å². The van der Waals surface area contributed by atoms with Gasteiger partial charge in [-0.25, -0.2) is 4.98 Å². The highest BCUT2D eigenvalue weighted by molar-refractivity contribution is 7.11. The van der Waals surface area contributed by atoms with Gasteiger partial charge in [-0.05, 0) is 19.8 Å². The van der Waals surface area contributed by atoms with Crippen molar-refractivity contribution in [3.05, 3.63) is 16.1 Å². The van der Waals surface area contributed by atoms with Gasteiger partial charge in [-0.1, -0.05) is 0 Å². The Hall–Kier alpha value is -1.43. The van der Waals surface area contributed by atoms with Gasteiger partial charge < -0.3 is 10.0 Å². The Labute approximate surface area is 103 Å². The molecule has 1 aromatic heterocycles. The molecular formula is C11H14N2O3S. The molecular weight excluding hydrogens is 240 g/mol. The zero-order valence-electron chi connectivity index (χ0n) is 9.77. The lowest BCUT2D eigenvalue weighted by molar-refractivity contribution is -0.153. The highest BCUT2D eigenvalue weighted by Crippen LogP contribution is 2.47. The highest BCUT2D eigenvalue weighted by atomic mass is 32.1. The maximum Gasteiger partial charge on any atom is 0.319 e. The number of hydrogen-bond acceptors (Lipinski definition) is 4. The molecule has 1 aliphatic carbocycles. The number of nitrogens with zero attached hydrogens (tertiary/aromatic N) is 2. The largest absolute Gasteiger partial charge is 0.480 e. The van der Waals surface area contributed by atoms with E-state index in [1.165, 1.54) is 16.2 Å². The first-order chi connectivity index (χ1) is 7.95. The first kappa shape index (κ1) is 12.0. The first-order valence-electron chi connectivity index (χ1n) is 5.36. The number of aromatic nitrogens is 1. The van der Waals surface area contributed by atoms with Crippen LogP contribution in [0.4, 0.5) is 0 Å². The summed E-state index contributed by atoms with van der Waals surface area (Å²) in [6.45, 7) is 2.33. The third-order valence-corrected chi connectivity index (χ3v) is 3.88. The molecule has 0 unspecified atom stereocenters. The molecule has 0 aromatic carbocycles. The topological polar surface area (TPSA) is 70.5 Å². The van der Waals surface area contributed by atoms with Crippen LogP contribution in [0.2, 0.25) is 0 Å². The Morgan fingerprint density at radius 1 is 1.59 bits per heavy atom. The highest BCUT2D eigenvalue weighted by Gasteiger charge is 2.58. The van der Waals surface area contributed by atoms with Crippen LogP contribution in [-0.4, -0.2) is 33.9 Å². The van der Waals surface area contributed by atoms with Gasteiger partial charge in [-0.3, -0.25) is 9.59 Å². The first-order valence-corrected chi connectivity index (χ1v) is 6.17. The van der Waals surface area contributed by atoms with E-state index in [1.807, 2.05) is 6.92 Å². The number of amides is 1. The Morgan fingerprint density at radius 2 is 2.24 bits per heavy atom. The van der Waals surface area contributed by atoms with Crippen LogP contribution >= 0.6 is 11.3 Å². The SMILES string of the molecule is Cc1ncc(CN(C)C(=O)C2(C(=O)O)CC2)s1. The predicted molar refractivity (Wildman–Crippen MR) is 62.6 cm³/mol. The van der Waals surface area contributed by atoms with Crippen molar-refractivity contribution in [2.24, 2.45) is 5.41 Å². The number of thiazole rings is 1. The predicted octanol–water partition coefficient (Wildman–Crippen LogP) is 1.27. The lowest BCUT2D eigenvalue weighted by Crippen LogP contribution is -2.37. The Balaban J connectivity index is 2.03. The molecule has 1 aliphatic rings. The van der Waals surface area contributed by atoms with Gasteiger partial charge >= 0.3 is 5.97 Å². The third kappa shape index (κ3) is 2.17. The molecule has 92 valence electrons. The lowest BCUT2D eigenvalue weighted by Gasteiger charge is -2.20. The molecule has 0 saturated heterocycles. The van der Waals surface area contributed by atoms with E-state index in [1.54, 1.807) is 13.2 Å². The Kier molecular flexibility index (Phi) is 2.91. The summed E-state index contributed by atoms with van der Waals surface area (Å²) in [5.41, 5.74) is -1.14. The van der Waals surface area contributed by atoms with E-state index >= 15 is 0 Å². The summed E-state index contributed by atoms with van der Waals surface area (Å²) in [5.74, 6) is -1.30. The van der Waals surface area contributed by atoms with Gasteiger partial charge in [0.05, 0.1) is 11.6 Å². The van der Waals surface area contributed by atoms with E-state index in [4.69, 9.17) is 5.11 Å². The van der Waals surface area contributed by atoms with Crippen LogP contribution in [0.1, 0.15) is 22.7 Å². The molecule has 1 aromatic rings. The van der Waals surface area contributed by atoms with Gasteiger partial charge in [0, 0.05) is 18.1 Å². The maximum atomic E-state index is 12.0. The quantitative estimate of drug-likeness (QED) is 0.821. The molecule has 0 bridgehead atoms. The number of carboxylic acid groups (broad SMARTS) is 1. The molecule has 2 rings (SSSR count). The van der Waals surface area contributed by atoms with Gasteiger partial charge in [-0.15, -0.1) is 11.3 Å². The van der Waals surface area contributed by atoms with Crippen molar-refractivity contribution in [1.82, 2.24) is 9.88 Å². The fourth-order valence-electron chi connectivity index (χ4n) is 1.79. The fourth-order valence-corrected chi connectivity index (χ4v) is 2.64. The minimum absolute atomic E-state index is 0.295. The van der Waals surface area contributed by atoms with Crippen molar-refractivity contribution in [2.45, 2.75) is 26.3 Å². The van der Waals surface area contributed by atoms with Crippen LogP contribution in [0, 0.1) is 12.3 Å². The molecule has 0 radical (unpaired) electrons. The molecule has 1 N–H and O–H groups in total. The molecule has 17 heavy (non-hydrogen) atoms. The van der Waals surface area contributed by atoms with Gasteiger partial charge in [0.15, 0.2) is 0 Å².